The van der Waals surface area contributed by atoms with E-state index in [4.69, 9.17) is 24.5 Å². The second-order valence-corrected chi connectivity index (χ2v) is 6.89. The summed E-state index contributed by atoms with van der Waals surface area (Å²) in [5.74, 6) is -3.48. The van der Waals surface area contributed by atoms with E-state index in [0.717, 1.165) is 38.2 Å². The van der Waals surface area contributed by atoms with Crippen molar-refractivity contribution in [1.82, 2.24) is 15.1 Å². The van der Waals surface area contributed by atoms with Crippen LogP contribution in [0.2, 0.25) is 0 Å². The largest absolute Gasteiger partial charge is 0.487 e. The van der Waals surface area contributed by atoms with Gasteiger partial charge in [0.05, 0.1) is 18.7 Å². The van der Waals surface area contributed by atoms with Gasteiger partial charge in [-0.25, -0.2) is 14.4 Å². The number of carboxylic acid groups (broad SMARTS) is 2. The molecule has 1 fully saturated rings. The maximum absolute atomic E-state index is 12.7. The van der Waals surface area contributed by atoms with Crippen LogP contribution in [-0.2, 0) is 15.8 Å². The first-order chi connectivity index (χ1) is 15.0. The van der Waals surface area contributed by atoms with Gasteiger partial charge in [0.2, 0.25) is 0 Å². The Hall–Kier alpha value is -3.02. The molecule has 0 aromatic heterocycles. The van der Waals surface area contributed by atoms with Gasteiger partial charge in [-0.2, -0.15) is 13.2 Å². The number of carboxylic acids is 2. The molecule has 1 aliphatic rings. The molecule has 2 amide bonds. The Labute approximate surface area is 183 Å². The van der Waals surface area contributed by atoms with Gasteiger partial charge in [0.1, 0.15) is 11.9 Å². The molecule has 0 aliphatic carbocycles. The van der Waals surface area contributed by atoms with Gasteiger partial charge in [-0.1, -0.05) is 19.9 Å². The van der Waals surface area contributed by atoms with Crippen LogP contribution in [0.4, 0.5) is 18.0 Å². The lowest BCUT2D eigenvalue weighted by Gasteiger charge is -2.38. The van der Waals surface area contributed by atoms with E-state index >= 15 is 0 Å². The van der Waals surface area contributed by atoms with E-state index in [0.29, 0.717) is 19.6 Å². The van der Waals surface area contributed by atoms with Crippen molar-refractivity contribution >= 4 is 18.0 Å². The number of amides is 2. The number of rotatable bonds is 8. The Bertz CT molecular complexity index is 753. The molecule has 3 N–H and O–H groups in total. The molecular formula is C20H28F3N3O6. The zero-order valence-corrected chi connectivity index (χ0v) is 17.9. The standard InChI is InChI=1S/C18H26F3N3O2.C2H2O4/c1-3-23(4-2)10-6-9-22-17(25)24-12-16(13-24)26-15-8-5-7-14(11-15)18(19,20)21;3-1(4)2(5)6/h5,7-8,11,16H,3-4,6,9-10,12-13H2,1-2H3,(H,22,25);(H,3,4)(H,5,6). The molecule has 1 aromatic rings. The fourth-order valence-corrected chi connectivity index (χ4v) is 2.77. The summed E-state index contributed by atoms with van der Waals surface area (Å²) in [5.41, 5.74) is -0.739. The van der Waals surface area contributed by atoms with Crippen LogP contribution >= 0.6 is 0 Å². The molecule has 9 nitrogen and oxygen atoms in total. The minimum Gasteiger partial charge on any atom is -0.487 e. The molecule has 0 spiro atoms. The van der Waals surface area contributed by atoms with Crippen molar-refractivity contribution in [3.63, 3.8) is 0 Å². The van der Waals surface area contributed by atoms with E-state index in [2.05, 4.69) is 24.1 Å². The lowest BCUT2D eigenvalue weighted by molar-refractivity contribution is -0.159. The van der Waals surface area contributed by atoms with Crippen LogP contribution in [0.1, 0.15) is 25.8 Å². The number of carbonyl (C=O) groups excluding carboxylic acids is 1. The van der Waals surface area contributed by atoms with Gasteiger partial charge in [-0.3, -0.25) is 0 Å². The number of aliphatic carboxylic acids is 2. The molecule has 0 radical (unpaired) electrons. The van der Waals surface area contributed by atoms with Crippen LogP contribution in [0, 0.1) is 0 Å². The summed E-state index contributed by atoms with van der Waals surface area (Å²) >= 11 is 0. The zero-order valence-electron chi connectivity index (χ0n) is 17.9. The SMILES string of the molecule is CCN(CC)CCCNC(=O)N1CC(Oc2cccc(C(F)(F)F)c2)C1.O=C(O)C(=O)O. The Morgan fingerprint density at radius 1 is 1.16 bits per heavy atom. The molecule has 0 unspecified atom stereocenters. The maximum atomic E-state index is 12.7. The van der Waals surface area contributed by atoms with Gasteiger partial charge in [0.15, 0.2) is 0 Å². The van der Waals surface area contributed by atoms with Gasteiger partial charge >= 0.3 is 24.1 Å². The number of carbonyl (C=O) groups is 3. The van der Waals surface area contributed by atoms with Crippen molar-refractivity contribution in [2.24, 2.45) is 0 Å². The normalized spacial score (nSPS) is 13.6. The molecule has 32 heavy (non-hydrogen) atoms. The van der Waals surface area contributed by atoms with Crippen molar-refractivity contribution < 1.29 is 42.5 Å². The second-order valence-electron chi connectivity index (χ2n) is 6.89. The third-order valence-electron chi connectivity index (χ3n) is 4.60. The number of hydrogen-bond acceptors (Lipinski definition) is 5. The van der Waals surface area contributed by atoms with E-state index in [1.54, 1.807) is 4.90 Å². The number of urea groups is 1. The Morgan fingerprint density at radius 3 is 2.25 bits per heavy atom. The number of hydrogen-bond donors (Lipinski definition) is 3. The summed E-state index contributed by atoms with van der Waals surface area (Å²) in [5, 5.41) is 17.6. The minimum atomic E-state index is -4.39. The minimum absolute atomic E-state index is 0.159. The summed E-state index contributed by atoms with van der Waals surface area (Å²) < 4.78 is 43.6. The van der Waals surface area contributed by atoms with Crippen LogP contribution < -0.4 is 10.1 Å². The fraction of sp³-hybridized carbons (Fsp3) is 0.550. The number of likely N-dealkylation sites (tertiary alicyclic amines) is 1. The second kappa shape index (κ2) is 12.7. The van der Waals surface area contributed by atoms with E-state index in [1.807, 2.05) is 0 Å². The van der Waals surface area contributed by atoms with Crippen molar-refractivity contribution in [2.45, 2.75) is 32.5 Å². The van der Waals surface area contributed by atoms with E-state index in [9.17, 15) is 18.0 Å². The van der Waals surface area contributed by atoms with Crippen molar-refractivity contribution in [3.05, 3.63) is 29.8 Å². The molecule has 0 saturated carbocycles. The smallest absolute Gasteiger partial charge is 0.416 e. The molecule has 1 saturated heterocycles. The lowest BCUT2D eigenvalue weighted by atomic mass is 10.1. The topological polar surface area (TPSA) is 119 Å². The molecule has 1 heterocycles. The number of halogens is 3. The molecule has 0 bridgehead atoms. The highest BCUT2D eigenvalue weighted by Crippen LogP contribution is 2.31. The van der Waals surface area contributed by atoms with Crippen LogP contribution in [-0.4, -0.2) is 83.4 Å². The number of benzene rings is 1. The number of nitrogens with zero attached hydrogens (tertiary/aromatic N) is 2. The quantitative estimate of drug-likeness (QED) is 0.400. The average Bonchev–Trinajstić information content (AvgIpc) is 2.70. The van der Waals surface area contributed by atoms with E-state index in [1.165, 1.54) is 12.1 Å². The summed E-state index contributed by atoms with van der Waals surface area (Å²) in [7, 11) is 0. The van der Waals surface area contributed by atoms with Gasteiger partial charge < -0.3 is 30.1 Å². The molecule has 0 atom stereocenters. The number of ether oxygens (including phenoxy) is 1. The highest BCUT2D eigenvalue weighted by molar-refractivity contribution is 6.27. The Balaban J connectivity index is 0.000000751. The van der Waals surface area contributed by atoms with Crippen molar-refractivity contribution in [1.29, 1.82) is 0 Å². The van der Waals surface area contributed by atoms with Crippen LogP contribution in [0.25, 0.3) is 0 Å². The molecule has 1 aliphatic heterocycles. The first-order valence-corrected chi connectivity index (χ1v) is 10.0. The first kappa shape index (κ1) is 27.0. The Morgan fingerprint density at radius 2 is 1.75 bits per heavy atom. The van der Waals surface area contributed by atoms with Crippen molar-refractivity contribution in [2.75, 3.05) is 39.3 Å². The predicted molar refractivity (Wildman–Crippen MR) is 109 cm³/mol. The third kappa shape index (κ3) is 9.41. The van der Waals surface area contributed by atoms with Crippen LogP contribution in [0.5, 0.6) is 5.75 Å². The monoisotopic (exact) mass is 463 g/mol. The summed E-state index contributed by atoms with van der Waals surface area (Å²) in [6.07, 6.45) is -3.79. The van der Waals surface area contributed by atoms with Gasteiger partial charge in [0.25, 0.3) is 0 Å². The van der Waals surface area contributed by atoms with Gasteiger partial charge in [0, 0.05) is 6.54 Å². The third-order valence-corrected chi connectivity index (χ3v) is 4.60. The zero-order chi connectivity index (χ0) is 24.3. The fourth-order valence-electron chi connectivity index (χ4n) is 2.77. The highest BCUT2D eigenvalue weighted by Gasteiger charge is 2.34. The lowest BCUT2D eigenvalue weighted by Crippen LogP contribution is -2.59. The number of alkyl halides is 3. The average molecular weight is 463 g/mol. The maximum Gasteiger partial charge on any atom is 0.416 e. The molecule has 2 rings (SSSR count). The summed E-state index contributed by atoms with van der Waals surface area (Å²) in [4.78, 5) is 34.1. The summed E-state index contributed by atoms with van der Waals surface area (Å²) in [6.45, 7) is 8.48. The van der Waals surface area contributed by atoms with E-state index in [-0.39, 0.29) is 17.9 Å². The van der Waals surface area contributed by atoms with Crippen LogP contribution in [0.15, 0.2) is 24.3 Å². The first-order valence-electron chi connectivity index (χ1n) is 10.0. The molecule has 12 heteroatoms. The predicted octanol–water partition coefficient (Wildman–Crippen LogP) is 2.37. The molecule has 1 aromatic carbocycles. The summed E-state index contributed by atoms with van der Waals surface area (Å²) in [6, 6.07) is 4.64. The number of nitrogens with one attached hydrogen (secondary N) is 1. The van der Waals surface area contributed by atoms with Gasteiger partial charge in [-0.15, -0.1) is 0 Å². The molecule has 180 valence electrons. The van der Waals surface area contributed by atoms with Crippen molar-refractivity contribution in [3.8, 4) is 5.75 Å². The van der Waals surface area contributed by atoms with Crippen LogP contribution in [0.3, 0.4) is 0 Å². The van der Waals surface area contributed by atoms with Gasteiger partial charge in [-0.05, 0) is 44.3 Å². The Kier molecular flexibility index (Phi) is 10.8. The highest BCUT2D eigenvalue weighted by atomic mass is 19.4. The van der Waals surface area contributed by atoms with E-state index < -0.39 is 23.7 Å². The molecular weight excluding hydrogens is 435 g/mol.